The molecule has 21 heavy (non-hydrogen) atoms. The number of methoxy groups -OCH3 is 1. The zero-order chi connectivity index (χ0) is 15.0. The first-order chi connectivity index (χ1) is 10.1. The van der Waals surface area contributed by atoms with Gasteiger partial charge in [-0.3, -0.25) is 0 Å². The van der Waals surface area contributed by atoms with E-state index in [0.29, 0.717) is 12.0 Å². The summed E-state index contributed by atoms with van der Waals surface area (Å²) < 4.78 is 5.71. The van der Waals surface area contributed by atoms with Crippen LogP contribution in [0.25, 0.3) is 0 Å². The third-order valence-electron chi connectivity index (χ3n) is 4.69. The van der Waals surface area contributed by atoms with Crippen molar-refractivity contribution in [2.45, 2.75) is 33.2 Å². The molecule has 2 atom stereocenters. The van der Waals surface area contributed by atoms with Gasteiger partial charge in [0, 0.05) is 11.3 Å². The van der Waals surface area contributed by atoms with Gasteiger partial charge in [0.15, 0.2) is 0 Å². The summed E-state index contributed by atoms with van der Waals surface area (Å²) in [5, 5.41) is 3.70. The van der Waals surface area contributed by atoms with Gasteiger partial charge in [0.25, 0.3) is 0 Å². The number of fused-ring (bicyclic) bond motifs is 1. The number of aryl methyl sites for hydroxylation is 1. The number of benzene rings is 2. The minimum Gasteiger partial charge on any atom is -0.496 e. The predicted molar refractivity (Wildman–Crippen MR) is 88.1 cm³/mol. The second kappa shape index (κ2) is 5.44. The zero-order valence-electron chi connectivity index (χ0n) is 13.2. The van der Waals surface area contributed by atoms with Crippen molar-refractivity contribution in [1.29, 1.82) is 0 Å². The molecule has 2 aromatic carbocycles. The molecule has 2 nitrogen and oxygen atoms in total. The van der Waals surface area contributed by atoms with E-state index in [9.17, 15) is 0 Å². The van der Waals surface area contributed by atoms with Gasteiger partial charge in [-0.15, -0.1) is 0 Å². The molecule has 3 rings (SSSR count). The average molecular weight is 281 g/mol. The Balaban J connectivity index is 2.04. The summed E-state index contributed by atoms with van der Waals surface area (Å²) in [6, 6.07) is 13.3. The van der Waals surface area contributed by atoms with Gasteiger partial charge in [-0.25, -0.2) is 0 Å². The Hall–Kier alpha value is -1.96. The molecule has 0 radical (unpaired) electrons. The Morgan fingerprint density at radius 1 is 1.10 bits per heavy atom. The highest BCUT2D eigenvalue weighted by atomic mass is 16.5. The van der Waals surface area contributed by atoms with Crippen LogP contribution >= 0.6 is 0 Å². The molecule has 110 valence electrons. The standard InChI is InChI=1S/C19H23NO/c1-12-9-10-16(19(21-4)14(12)3)18-13(2)11-15-7-5-6-8-17(15)20-18/h5-10,13,18,20H,11H2,1-4H3. The highest BCUT2D eigenvalue weighted by molar-refractivity contribution is 5.58. The Kier molecular flexibility index (Phi) is 3.62. The quantitative estimate of drug-likeness (QED) is 0.864. The lowest BCUT2D eigenvalue weighted by Gasteiger charge is -2.34. The lowest BCUT2D eigenvalue weighted by Crippen LogP contribution is -2.26. The van der Waals surface area contributed by atoms with Crippen molar-refractivity contribution < 1.29 is 4.74 Å². The van der Waals surface area contributed by atoms with Crippen LogP contribution in [0.4, 0.5) is 5.69 Å². The number of rotatable bonds is 2. The molecule has 0 fully saturated rings. The molecular formula is C19H23NO. The fraction of sp³-hybridized carbons (Fsp3) is 0.368. The van der Waals surface area contributed by atoms with Gasteiger partial charge in [-0.1, -0.05) is 37.3 Å². The molecular weight excluding hydrogens is 258 g/mol. The fourth-order valence-corrected chi connectivity index (χ4v) is 3.32. The van der Waals surface area contributed by atoms with E-state index in [0.717, 1.165) is 12.2 Å². The summed E-state index contributed by atoms with van der Waals surface area (Å²) in [6.07, 6.45) is 1.10. The molecule has 0 amide bonds. The maximum atomic E-state index is 5.71. The van der Waals surface area contributed by atoms with Crippen LogP contribution in [-0.4, -0.2) is 7.11 Å². The summed E-state index contributed by atoms with van der Waals surface area (Å²) in [4.78, 5) is 0. The fourth-order valence-electron chi connectivity index (χ4n) is 3.32. The Morgan fingerprint density at radius 2 is 1.86 bits per heavy atom. The van der Waals surface area contributed by atoms with Gasteiger partial charge in [0.1, 0.15) is 5.75 Å². The van der Waals surface area contributed by atoms with Crippen LogP contribution in [0.3, 0.4) is 0 Å². The van der Waals surface area contributed by atoms with Crippen LogP contribution in [0, 0.1) is 19.8 Å². The van der Waals surface area contributed by atoms with Crippen molar-refractivity contribution in [3.8, 4) is 5.75 Å². The van der Waals surface area contributed by atoms with Crippen molar-refractivity contribution >= 4 is 5.69 Å². The van der Waals surface area contributed by atoms with Crippen LogP contribution in [-0.2, 0) is 6.42 Å². The smallest absolute Gasteiger partial charge is 0.127 e. The second-order valence-corrected chi connectivity index (χ2v) is 6.09. The second-order valence-electron chi connectivity index (χ2n) is 6.09. The van der Waals surface area contributed by atoms with E-state index in [1.54, 1.807) is 7.11 Å². The van der Waals surface area contributed by atoms with E-state index < -0.39 is 0 Å². The molecule has 2 aromatic rings. The zero-order valence-corrected chi connectivity index (χ0v) is 13.2. The van der Waals surface area contributed by atoms with Crippen molar-refractivity contribution in [3.05, 3.63) is 58.7 Å². The molecule has 0 spiro atoms. The van der Waals surface area contributed by atoms with Crippen LogP contribution in [0.2, 0.25) is 0 Å². The van der Waals surface area contributed by atoms with E-state index in [-0.39, 0.29) is 0 Å². The number of hydrogen-bond donors (Lipinski definition) is 1. The van der Waals surface area contributed by atoms with Gasteiger partial charge < -0.3 is 10.1 Å². The molecule has 1 aliphatic rings. The summed E-state index contributed by atoms with van der Waals surface area (Å²) in [7, 11) is 1.77. The van der Waals surface area contributed by atoms with Crippen molar-refractivity contribution in [2.75, 3.05) is 12.4 Å². The van der Waals surface area contributed by atoms with Crippen molar-refractivity contribution in [3.63, 3.8) is 0 Å². The van der Waals surface area contributed by atoms with Gasteiger partial charge in [-0.2, -0.15) is 0 Å². The van der Waals surface area contributed by atoms with Gasteiger partial charge >= 0.3 is 0 Å². The predicted octanol–water partition coefficient (Wildman–Crippen LogP) is 4.66. The summed E-state index contributed by atoms with van der Waals surface area (Å²) >= 11 is 0. The molecule has 0 aromatic heterocycles. The molecule has 0 aliphatic carbocycles. The molecule has 0 bridgehead atoms. The monoisotopic (exact) mass is 281 g/mol. The van der Waals surface area contributed by atoms with Crippen molar-refractivity contribution in [1.82, 2.24) is 0 Å². The molecule has 2 heteroatoms. The van der Waals surface area contributed by atoms with E-state index >= 15 is 0 Å². The maximum Gasteiger partial charge on any atom is 0.127 e. The van der Waals surface area contributed by atoms with Gasteiger partial charge in [0.2, 0.25) is 0 Å². The molecule has 0 saturated carbocycles. The molecule has 1 N–H and O–H groups in total. The molecule has 1 heterocycles. The number of nitrogens with one attached hydrogen (secondary N) is 1. The van der Waals surface area contributed by atoms with E-state index in [4.69, 9.17) is 4.74 Å². The van der Waals surface area contributed by atoms with Crippen molar-refractivity contribution in [2.24, 2.45) is 5.92 Å². The highest BCUT2D eigenvalue weighted by Gasteiger charge is 2.28. The number of ether oxygens (including phenoxy) is 1. The van der Waals surface area contributed by atoms with Crippen LogP contribution in [0.5, 0.6) is 5.75 Å². The Labute approximate surface area is 127 Å². The minimum atomic E-state index is 0.300. The lowest BCUT2D eigenvalue weighted by molar-refractivity contribution is 0.390. The number of para-hydroxylation sites is 1. The van der Waals surface area contributed by atoms with Crippen LogP contribution in [0.1, 0.15) is 35.2 Å². The molecule has 0 saturated heterocycles. The third kappa shape index (κ3) is 2.39. The lowest BCUT2D eigenvalue weighted by atomic mass is 9.83. The topological polar surface area (TPSA) is 21.3 Å². The van der Waals surface area contributed by atoms with E-state index in [2.05, 4.69) is 62.5 Å². The Bertz CT molecular complexity index is 663. The molecule has 1 aliphatic heterocycles. The normalized spacial score (nSPS) is 20.6. The minimum absolute atomic E-state index is 0.300. The summed E-state index contributed by atoms with van der Waals surface area (Å²) in [5.74, 6) is 1.56. The van der Waals surface area contributed by atoms with Crippen LogP contribution in [0.15, 0.2) is 36.4 Å². The van der Waals surface area contributed by atoms with Gasteiger partial charge in [0.05, 0.1) is 13.2 Å². The summed E-state index contributed by atoms with van der Waals surface area (Å²) in [5.41, 5.74) is 6.44. The largest absolute Gasteiger partial charge is 0.496 e. The molecule has 2 unspecified atom stereocenters. The van der Waals surface area contributed by atoms with E-state index in [1.165, 1.54) is 27.9 Å². The Morgan fingerprint density at radius 3 is 2.62 bits per heavy atom. The number of hydrogen-bond acceptors (Lipinski definition) is 2. The first-order valence-corrected chi connectivity index (χ1v) is 7.60. The maximum absolute atomic E-state index is 5.71. The first-order valence-electron chi connectivity index (χ1n) is 7.60. The third-order valence-corrected chi connectivity index (χ3v) is 4.69. The average Bonchev–Trinajstić information content (AvgIpc) is 2.49. The van der Waals surface area contributed by atoms with E-state index in [1.807, 2.05) is 0 Å². The number of anilines is 1. The highest BCUT2D eigenvalue weighted by Crippen LogP contribution is 2.41. The van der Waals surface area contributed by atoms with Crippen LogP contribution < -0.4 is 10.1 Å². The first kappa shape index (κ1) is 14.0. The van der Waals surface area contributed by atoms with Gasteiger partial charge in [-0.05, 0) is 48.9 Å². The SMILES string of the molecule is COc1c(C2Nc3ccccc3CC2C)ccc(C)c1C. The summed E-state index contributed by atoms with van der Waals surface area (Å²) in [6.45, 7) is 6.58.